The first-order valence-electron chi connectivity index (χ1n) is 4.61. The number of benzene rings is 1. The second-order valence-corrected chi connectivity index (χ2v) is 3.50. The largest absolute Gasteiger partial charge is 0.496 e. The fourth-order valence-electron chi connectivity index (χ4n) is 1.30. The van der Waals surface area contributed by atoms with Gasteiger partial charge in [0.1, 0.15) is 5.75 Å². The predicted molar refractivity (Wildman–Crippen MR) is 59.2 cm³/mol. The summed E-state index contributed by atoms with van der Waals surface area (Å²) < 4.78 is 10.1. The number of methoxy groups -OCH3 is 1. The molecule has 2 N–H and O–H groups in total. The van der Waals surface area contributed by atoms with Crippen LogP contribution in [-0.4, -0.2) is 17.3 Å². The highest BCUT2D eigenvalue weighted by molar-refractivity contribution is 6.30. The Bertz CT molecular complexity index is 499. The van der Waals surface area contributed by atoms with Gasteiger partial charge in [0.2, 0.25) is 11.7 Å². The number of hydrogen-bond acceptors (Lipinski definition) is 5. The first-order chi connectivity index (χ1) is 7.74. The molecule has 0 saturated heterocycles. The van der Waals surface area contributed by atoms with Crippen LogP contribution in [-0.2, 0) is 6.54 Å². The van der Waals surface area contributed by atoms with Crippen molar-refractivity contribution in [3.8, 4) is 17.1 Å². The van der Waals surface area contributed by atoms with Crippen LogP contribution in [0, 0.1) is 0 Å². The van der Waals surface area contributed by atoms with Gasteiger partial charge in [0, 0.05) is 5.02 Å². The van der Waals surface area contributed by atoms with Gasteiger partial charge in [-0.3, -0.25) is 0 Å². The normalized spacial score (nSPS) is 10.4. The van der Waals surface area contributed by atoms with E-state index < -0.39 is 0 Å². The smallest absolute Gasteiger partial charge is 0.240 e. The molecular weight excluding hydrogens is 230 g/mol. The van der Waals surface area contributed by atoms with Gasteiger partial charge in [-0.25, -0.2) is 0 Å². The number of halogens is 1. The van der Waals surface area contributed by atoms with E-state index in [4.69, 9.17) is 26.6 Å². The summed E-state index contributed by atoms with van der Waals surface area (Å²) in [5, 5.41) is 4.38. The molecule has 0 radical (unpaired) electrons. The molecule has 0 aliphatic rings. The number of aromatic nitrogens is 2. The van der Waals surface area contributed by atoms with Crippen LogP contribution in [0.2, 0.25) is 5.02 Å². The highest BCUT2D eigenvalue weighted by Gasteiger charge is 2.13. The first kappa shape index (κ1) is 10.9. The summed E-state index contributed by atoms with van der Waals surface area (Å²) in [6.07, 6.45) is 0. The van der Waals surface area contributed by atoms with Crippen LogP contribution in [0.4, 0.5) is 0 Å². The maximum absolute atomic E-state index is 5.90. The molecule has 0 atom stereocenters. The lowest BCUT2D eigenvalue weighted by molar-refractivity contribution is 0.380. The standard InChI is InChI=1S/C10H10ClN3O2/c1-15-8-3-2-6(11)4-7(8)10-13-9(5-12)16-14-10/h2-4H,5,12H2,1H3. The van der Waals surface area contributed by atoms with Crippen molar-refractivity contribution < 1.29 is 9.26 Å². The lowest BCUT2D eigenvalue weighted by Crippen LogP contribution is -1.96. The summed E-state index contributed by atoms with van der Waals surface area (Å²) in [6, 6.07) is 5.19. The van der Waals surface area contributed by atoms with Crippen molar-refractivity contribution in [2.24, 2.45) is 5.73 Å². The average Bonchev–Trinajstić information content (AvgIpc) is 2.77. The van der Waals surface area contributed by atoms with E-state index in [1.807, 2.05) is 0 Å². The van der Waals surface area contributed by atoms with Crippen LogP contribution in [0.3, 0.4) is 0 Å². The quantitative estimate of drug-likeness (QED) is 0.885. The summed E-state index contributed by atoms with van der Waals surface area (Å²) in [5.74, 6) is 1.42. The molecule has 5 nitrogen and oxygen atoms in total. The Labute approximate surface area is 97.2 Å². The summed E-state index contributed by atoms with van der Waals surface area (Å²) in [4.78, 5) is 4.11. The van der Waals surface area contributed by atoms with Crippen molar-refractivity contribution in [2.45, 2.75) is 6.54 Å². The highest BCUT2D eigenvalue weighted by atomic mass is 35.5. The van der Waals surface area contributed by atoms with Gasteiger partial charge in [-0.15, -0.1) is 0 Å². The third-order valence-electron chi connectivity index (χ3n) is 2.05. The first-order valence-corrected chi connectivity index (χ1v) is 4.99. The molecular formula is C10H10ClN3O2. The molecule has 6 heteroatoms. The topological polar surface area (TPSA) is 74.2 Å². The average molecular weight is 240 g/mol. The molecule has 2 aromatic rings. The SMILES string of the molecule is COc1ccc(Cl)cc1-c1noc(CN)n1. The van der Waals surface area contributed by atoms with E-state index in [-0.39, 0.29) is 6.54 Å². The van der Waals surface area contributed by atoms with Gasteiger partial charge in [0.15, 0.2) is 0 Å². The van der Waals surface area contributed by atoms with Crippen molar-refractivity contribution in [3.63, 3.8) is 0 Å². The van der Waals surface area contributed by atoms with Gasteiger partial charge in [-0.05, 0) is 18.2 Å². The molecule has 0 fully saturated rings. The van der Waals surface area contributed by atoms with Crippen LogP contribution in [0.15, 0.2) is 22.7 Å². The second-order valence-electron chi connectivity index (χ2n) is 3.06. The van der Waals surface area contributed by atoms with Crippen LogP contribution in [0.1, 0.15) is 5.89 Å². The lowest BCUT2D eigenvalue weighted by Gasteiger charge is -2.04. The van der Waals surface area contributed by atoms with Gasteiger partial charge in [-0.1, -0.05) is 16.8 Å². The number of nitrogens with two attached hydrogens (primary N) is 1. The zero-order chi connectivity index (χ0) is 11.5. The van der Waals surface area contributed by atoms with Gasteiger partial charge in [0.25, 0.3) is 0 Å². The molecule has 0 amide bonds. The van der Waals surface area contributed by atoms with Gasteiger partial charge < -0.3 is 15.0 Å². The van der Waals surface area contributed by atoms with Crippen LogP contribution in [0.5, 0.6) is 5.75 Å². The predicted octanol–water partition coefficient (Wildman–Crippen LogP) is 1.86. The van der Waals surface area contributed by atoms with Crippen molar-refractivity contribution in [3.05, 3.63) is 29.1 Å². The van der Waals surface area contributed by atoms with Crippen molar-refractivity contribution in [2.75, 3.05) is 7.11 Å². The summed E-state index contributed by atoms with van der Waals surface area (Å²) >= 11 is 5.90. The van der Waals surface area contributed by atoms with E-state index in [0.717, 1.165) is 0 Å². The number of nitrogens with zero attached hydrogens (tertiary/aromatic N) is 2. The minimum absolute atomic E-state index is 0.204. The summed E-state index contributed by atoms with van der Waals surface area (Å²) in [6.45, 7) is 0.204. The molecule has 84 valence electrons. The minimum Gasteiger partial charge on any atom is -0.496 e. The Morgan fingerprint density at radius 3 is 2.94 bits per heavy atom. The fraction of sp³-hybridized carbons (Fsp3) is 0.200. The Morgan fingerprint density at radius 2 is 2.31 bits per heavy atom. The molecule has 16 heavy (non-hydrogen) atoms. The minimum atomic E-state index is 0.204. The van der Waals surface area contributed by atoms with Gasteiger partial charge >= 0.3 is 0 Å². The Balaban J connectivity index is 2.49. The lowest BCUT2D eigenvalue weighted by atomic mass is 10.2. The number of hydrogen-bond donors (Lipinski definition) is 1. The molecule has 0 bridgehead atoms. The van der Waals surface area contributed by atoms with Crippen LogP contribution in [0.25, 0.3) is 11.4 Å². The Kier molecular flexibility index (Phi) is 3.07. The Hall–Kier alpha value is -1.59. The highest BCUT2D eigenvalue weighted by Crippen LogP contribution is 2.30. The van der Waals surface area contributed by atoms with Crippen LogP contribution >= 0.6 is 11.6 Å². The monoisotopic (exact) mass is 239 g/mol. The van der Waals surface area contributed by atoms with E-state index >= 15 is 0 Å². The van der Waals surface area contributed by atoms with Crippen molar-refractivity contribution >= 4 is 11.6 Å². The number of ether oxygens (including phenoxy) is 1. The maximum Gasteiger partial charge on any atom is 0.240 e. The van der Waals surface area contributed by atoms with E-state index in [9.17, 15) is 0 Å². The molecule has 1 heterocycles. The summed E-state index contributed by atoms with van der Waals surface area (Å²) in [5.41, 5.74) is 6.07. The number of rotatable bonds is 3. The Morgan fingerprint density at radius 1 is 1.50 bits per heavy atom. The molecule has 0 saturated carbocycles. The third kappa shape index (κ3) is 2.00. The maximum atomic E-state index is 5.90. The van der Waals surface area contributed by atoms with Crippen molar-refractivity contribution in [1.29, 1.82) is 0 Å². The molecule has 0 unspecified atom stereocenters. The third-order valence-corrected chi connectivity index (χ3v) is 2.28. The van der Waals surface area contributed by atoms with Gasteiger partial charge in [0.05, 0.1) is 19.2 Å². The molecule has 1 aromatic heterocycles. The molecule has 0 spiro atoms. The van der Waals surface area contributed by atoms with E-state index in [1.165, 1.54) is 0 Å². The zero-order valence-corrected chi connectivity index (χ0v) is 9.36. The zero-order valence-electron chi connectivity index (χ0n) is 8.61. The fourth-order valence-corrected chi connectivity index (χ4v) is 1.47. The molecule has 0 aliphatic carbocycles. The molecule has 1 aromatic carbocycles. The summed E-state index contributed by atoms with van der Waals surface area (Å²) in [7, 11) is 1.57. The van der Waals surface area contributed by atoms with E-state index in [2.05, 4.69) is 10.1 Å². The van der Waals surface area contributed by atoms with Gasteiger partial charge in [-0.2, -0.15) is 4.98 Å². The van der Waals surface area contributed by atoms with Crippen molar-refractivity contribution in [1.82, 2.24) is 10.1 Å². The van der Waals surface area contributed by atoms with E-state index in [0.29, 0.717) is 28.1 Å². The van der Waals surface area contributed by atoms with Crippen LogP contribution < -0.4 is 10.5 Å². The molecule has 2 rings (SSSR count). The second kappa shape index (κ2) is 4.51. The van der Waals surface area contributed by atoms with E-state index in [1.54, 1.807) is 25.3 Å². The molecule has 0 aliphatic heterocycles.